The molecule has 4 nitrogen and oxygen atoms in total. The highest BCUT2D eigenvalue weighted by molar-refractivity contribution is 5.65. The highest BCUT2D eigenvalue weighted by Gasteiger charge is 2.09. The first-order valence-electron chi connectivity index (χ1n) is 12.8. The van der Waals surface area contributed by atoms with Crippen LogP contribution in [0, 0.1) is 5.82 Å². The van der Waals surface area contributed by atoms with Crippen LogP contribution in [0.4, 0.5) is 4.39 Å². The molecule has 1 heterocycles. The fourth-order valence-corrected chi connectivity index (χ4v) is 3.79. The molecule has 0 radical (unpaired) electrons. The average Bonchev–Trinajstić information content (AvgIpc) is 2.90. The number of ether oxygens (including phenoxy) is 2. The van der Waals surface area contributed by atoms with Gasteiger partial charge in [0.2, 0.25) is 0 Å². The highest BCUT2D eigenvalue weighted by atomic mass is 19.1. The molecule has 0 saturated heterocycles. The number of halogens is 1. The summed E-state index contributed by atoms with van der Waals surface area (Å²) in [6.45, 7) is 9.29. The lowest BCUT2D eigenvalue weighted by molar-refractivity contribution is 0.0566. The summed E-state index contributed by atoms with van der Waals surface area (Å²) in [5, 5.41) is 0. The van der Waals surface area contributed by atoms with Gasteiger partial charge in [-0.1, -0.05) is 62.8 Å². The quantitative estimate of drug-likeness (QED) is 0.159. The first-order valence-corrected chi connectivity index (χ1v) is 12.8. The van der Waals surface area contributed by atoms with Crippen molar-refractivity contribution in [2.24, 2.45) is 0 Å². The molecule has 0 aliphatic heterocycles. The Morgan fingerprint density at radius 1 is 1.00 bits per heavy atom. The molecule has 3 aromatic rings. The predicted molar refractivity (Wildman–Crippen MR) is 146 cm³/mol. The Kier molecular flexibility index (Phi) is 11.3. The summed E-state index contributed by atoms with van der Waals surface area (Å²) in [7, 11) is 0. The first-order chi connectivity index (χ1) is 17.6. The number of allylic oxidation sites excluding steroid dienone is 1. The topological polar surface area (TPSA) is 44.2 Å². The normalized spacial score (nSPS) is 12.1. The molecule has 0 aliphatic carbocycles. The van der Waals surface area contributed by atoms with Gasteiger partial charge in [-0.3, -0.25) is 0 Å². The molecule has 1 aromatic heterocycles. The Morgan fingerprint density at radius 3 is 2.47 bits per heavy atom. The Bertz CT molecular complexity index is 1090. The van der Waals surface area contributed by atoms with Gasteiger partial charge in [0.25, 0.3) is 0 Å². The van der Waals surface area contributed by atoms with Gasteiger partial charge in [-0.25, -0.2) is 14.4 Å². The van der Waals surface area contributed by atoms with Crippen molar-refractivity contribution in [3.05, 3.63) is 85.0 Å². The Balaban J connectivity index is 1.51. The third-order valence-corrected chi connectivity index (χ3v) is 5.88. The number of rotatable bonds is 15. The smallest absolute Gasteiger partial charge is 0.162 e. The third kappa shape index (κ3) is 8.72. The molecule has 0 fully saturated rings. The molecule has 2 aromatic carbocycles. The van der Waals surface area contributed by atoms with Gasteiger partial charge in [-0.2, -0.15) is 0 Å². The number of hydrogen-bond donors (Lipinski definition) is 0. The lowest BCUT2D eigenvalue weighted by Gasteiger charge is -2.12. The zero-order valence-corrected chi connectivity index (χ0v) is 21.5. The van der Waals surface area contributed by atoms with Crippen molar-refractivity contribution in [3.8, 4) is 28.3 Å². The minimum Gasteiger partial charge on any atom is -0.490 e. The van der Waals surface area contributed by atoms with E-state index in [2.05, 4.69) is 36.5 Å². The molecule has 0 bridgehead atoms. The van der Waals surface area contributed by atoms with Gasteiger partial charge >= 0.3 is 0 Å². The van der Waals surface area contributed by atoms with E-state index in [1.165, 1.54) is 18.9 Å². The van der Waals surface area contributed by atoms with Gasteiger partial charge < -0.3 is 9.47 Å². The molecule has 190 valence electrons. The van der Waals surface area contributed by atoms with Gasteiger partial charge in [-0.15, -0.1) is 0 Å². The van der Waals surface area contributed by atoms with Gasteiger partial charge in [-0.05, 0) is 68.0 Å². The molecule has 3 rings (SSSR count). The summed E-state index contributed by atoms with van der Waals surface area (Å²) in [6.07, 6.45) is 16.1. The van der Waals surface area contributed by atoms with Gasteiger partial charge in [0.1, 0.15) is 18.2 Å². The van der Waals surface area contributed by atoms with Crippen LogP contribution in [0.25, 0.3) is 28.6 Å². The van der Waals surface area contributed by atoms with Crippen LogP contribution in [0.5, 0.6) is 5.75 Å². The van der Waals surface area contributed by atoms with Crippen molar-refractivity contribution in [1.29, 1.82) is 0 Å². The lowest BCUT2D eigenvalue weighted by Crippen LogP contribution is -2.08. The van der Waals surface area contributed by atoms with Crippen LogP contribution < -0.4 is 4.74 Å². The van der Waals surface area contributed by atoms with Gasteiger partial charge in [0, 0.05) is 24.6 Å². The van der Waals surface area contributed by atoms with Gasteiger partial charge in [0.05, 0.1) is 11.7 Å². The van der Waals surface area contributed by atoms with Gasteiger partial charge in [0.15, 0.2) is 5.82 Å². The second-order valence-electron chi connectivity index (χ2n) is 8.88. The molecule has 0 N–H and O–H groups in total. The van der Waals surface area contributed by atoms with Crippen molar-refractivity contribution >= 4 is 6.08 Å². The number of hydrogen-bond acceptors (Lipinski definition) is 4. The summed E-state index contributed by atoms with van der Waals surface area (Å²) < 4.78 is 26.2. The van der Waals surface area contributed by atoms with Crippen LogP contribution in [-0.2, 0) is 4.74 Å². The van der Waals surface area contributed by atoms with Crippen molar-refractivity contribution in [3.63, 3.8) is 0 Å². The molecule has 1 unspecified atom stereocenters. The molecule has 5 heteroatoms. The second kappa shape index (κ2) is 14.9. The Hall–Kier alpha value is -3.31. The molecule has 0 saturated carbocycles. The van der Waals surface area contributed by atoms with Crippen molar-refractivity contribution in [2.75, 3.05) is 13.2 Å². The molecular weight excluding hydrogens is 451 g/mol. The van der Waals surface area contributed by atoms with E-state index in [-0.39, 0.29) is 11.9 Å². The van der Waals surface area contributed by atoms with E-state index >= 15 is 0 Å². The maximum absolute atomic E-state index is 14.8. The van der Waals surface area contributed by atoms with E-state index in [9.17, 15) is 4.39 Å². The highest BCUT2D eigenvalue weighted by Crippen LogP contribution is 2.25. The van der Waals surface area contributed by atoms with Crippen LogP contribution in [0.3, 0.4) is 0 Å². The minimum absolute atomic E-state index is 0.286. The zero-order chi connectivity index (χ0) is 25.6. The molecule has 1 atom stereocenters. The summed E-state index contributed by atoms with van der Waals surface area (Å²) in [4.78, 5) is 8.79. The second-order valence-corrected chi connectivity index (χ2v) is 8.88. The lowest BCUT2D eigenvalue weighted by atomic mass is 10.1. The van der Waals surface area contributed by atoms with Crippen LogP contribution in [-0.4, -0.2) is 29.3 Å². The number of unbranched alkanes of at least 4 members (excludes halogenated alkanes) is 3. The molecule has 36 heavy (non-hydrogen) atoms. The van der Waals surface area contributed by atoms with Crippen LogP contribution in [0.15, 0.2) is 73.6 Å². The molecular formula is C31H37FN2O2. The largest absolute Gasteiger partial charge is 0.490 e. The van der Waals surface area contributed by atoms with Crippen LogP contribution in [0.2, 0.25) is 0 Å². The summed E-state index contributed by atoms with van der Waals surface area (Å²) in [6, 6.07) is 12.8. The Morgan fingerprint density at radius 2 is 1.78 bits per heavy atom. The van der Waals surface area contributed by atoms with Crippen LogP contribution in [0.1, 0.15) is 57.9 Å². The fourth-order valence-electron chi connectivity index (χ4n) is 3.79. The van der Waals surface area contributed by atoms with Crippen molar-refractivity contribution < 1.29 is 13.9 Å². The van der Waals surface area contributed by atoms with E-state index in [1.54, 1.807) is 24.5 Å². The standard InChI is InChI=1S/C31H37FN2O2/c1-4-6-10-20-35-24(3)11-8-7-9-12-25-13-18-29(30(32)21-25)31-33-22-27(23-34-31)26-14-16-28(17-15-26)36-19-5-2/h5,9,12-18,21-24H,2,4,6-8,10-11,19-20H2,1,3H3. The van der Waals surface area contributed by atoms with E-state index in [1.807, 2.05) is 36.4 Å². The zero-order valence-electron chi connectivity index (χ0n) is 21.5. The Labute approximate surface area is 214 Å². The number of aromatic nitrogens is 2. The molecule has 0 amide bonds. The number of benzene rings is 2. The summed E-state index contributed by atoms with van der Waals surface area (Å²) in [5.74, 6) is 0.808. The minimum atomic E-state index is -0.331. The van der Waals surface area contributed by atoms with E-state index < -0.39 is 0 Å². The van der Waals surface area contributed by atoms with Crippen molar-refractivity contribution in [1.82, 2.24) is 9.97 Å². The van der Waals surface area contributed by atoms with E-state index in [0.29, 0.717) is 18.0 Å². The average molecular weight is 489 g/mol. The first kappa shape index (κ1) is 27.3. The van der Waals surface area contributed by atoms with E-state index in [4.69, 9.17) is 9.47 Å². The maximum Gasteiger partial charge on any atom is 0.162 e. The summed E-state index contributed by atoms with van der Waals surface area (Å²) >= 11 is 0. The summed E-state index contributed by atoms with van der Waals surface area (Å²) in [5.41, 5.74) is 3.04. The van der Waals surface area contributed by atoms with Crippen LogP contribution >= 0.6 is 0 Å². The fraction of sp³-hybridized carbons (Fsp3) is 0.355. The molecule has 0 spiro atoms. The third-order valence-electron chi connectivity index (χ3n) is 5.88. The number of nitrogens with zero attached hydrogens (tertiary/aromatic N) is 2. The predicted octanol–water partition coefficient (Wildman–Crippen LogP) is 8.29. The SMILES string of the molecule is C=CCOc1ccc(-c2cnc(-c3ccc(C=CCCCC(C)OCCCCC)cc3F)nc2)cc1. The maximum atomic E-state index is 14.8. The molecule has 0 aliphatic rings. The van der Waals surface area contributed by atoms with Crippen molar-refractivity contribution in [2.45, 2.75) is 58.5 Å². The monoisotopic (exact) mass is 488 g/mol. The van der Waals surface area contributed by atoms with E-state index in [0.717, 1.165) is 54.7 Å².